The van der Waals surface area contributed by atoms with Crippen molar-refractivity contribution in [3.05, 3.63) is 34.1 Å². The van der Waals surface area contributed by atoms with Crippen LogP contribution in [0.1, 0.15) is 5.56 Å². The van der Waals surface area contributed by atoms with Crippen molar-refractivity contribution in [3.8, 4) is 17.3 Å². The fraction of sp³-hybridized carbons (Fsp3) is 0.167. The van der Waals surface area contributed by atoms with Gasteiger partial charge in [-0.15, -0.1) is 0 Å². The molecule has 4 nitrogen and oxygen atoms in total. The van der Waals surface area contributed by atoms with E-state index in [-0.39, 0.29) is 16.8 Å². The van der Waals surface area contributed by atoms with Crippen LogP contribution in [0.5, 0.6) is 0 Å². The van der Waals surface area contributed by atoms with Gasteiger partial charge in [0.15, 0.2) is 0 Å². The van der Waals surface area contributed by atoms with E-state index in [1.807, 2.05) is 0 Å². The molecule has 0 fully saturated rings. The zero-order valence-electron chi connectivity index (χ0n) is 10.2. The SMILES string of the molecule is N#Cc1c(-c2ccc(Br)cc2F)nn(CC(F)(F)F)c1N. The third-order valence-corrected chi connectivity index (χ3v) is 3.11. The highest BCUT2D eigenvalue weighted by Gasteiger charge is 2.31. The van der Waals surface area contributed by atoms with Crippen molar-refractivity contribution < 1.29 is 17.6 Å². The molecular formula is C12H7BrF4N4. The number of nitriles is 1. The Morgan fingerprint density at radius 1 is 1.38 bits per heavy atom. The van der Waals surface area contributed by atoms with Gasteiger partial charge in [-0.05, 0) is 18.2 Å². The standard InChI is InChI=1S/C12H7BrF4N4/c13-6-1-2-7(9(14)3-6)10-8(4-18)11(19)21(20-10)5-12(15,16)17/h1-3H,5,19H2. The number of alkyl halides is 3. The number of hydrogen-bond donors (Lipinski definition) is 1. The maximum atomic E-state index is 13.9. The van der Waals surface area contributed by atoms with Crippen molar-refractivity contribution in [1.29, 1.82) is 5.26 Å². The van der Waals surface area contributed by atoms with Crippen molar-refractivity contribution in [2.75, 3.05) is 5.73 Å². The topological polar surface area (TPSA) is 67.6 Å². The minimum atomic E-state index is -4.55. The first-order valence-corrected chi connectivity index (χ1v) is 6.31. The van der Waals surface area contributed by atoms with Crippen LogP contribution in [0.4, 0.5) is 23.4 Å². The molecule has 21 heavy (non-hydrogen) atoms. The molecule has 0 aliphatic heterocycles. The van der Waals surface area contributed by atoms with Gasteiger partial charge in [0.25, 0.3) is 0 Å². The van der Waals surface area contributed by atoms with Gasteiger partial charge in [0.05, 0.1) is 0 Å². The van der Waals surface area contributed by atoms with E-state index in [9.17, 15) is 17.6 Å². The number of anilines is 1. The fourth-order valence-electron chi connectivity index (χ4n) is 1.75. The Hall–Kier alpha value is -2.08. The van der Waals surface area contributed by atoms with Crippen molar-refractivity contribution in [3.63, 3.8) is 0 Å². The molecule has 2 aromatic rings. The summed E-state index contributed by atoms with van der Waals surface area (Å²) < 4.78 is 52.0. The van der Waals surface area contributed by atoms with Crippen molar-refractivity contribution in [1.82, 2.24) is 9.78 Å². The molecule has 9 heteroatoms. The average molecular weight is 363 g/mol. The van der Waals surface area contributed by atoms with E-state index < -0.39 is 24.4 Å². The average Bonchev–Trinajstić information content (AvgIpc) is 2.64. The second-order valence-electron chi connectivity index (χ2n) is 4.12. The van der Waals surface area contributed by atoms with Gasteiger partial charge in [-0.25, -0.2) is 9.07 Å². The molecule has 1 aromatic carbocycles. The van der Waals surface area contributed by atoms with E-state index in [1.54, 1.807) is 6.07 Å². The van der Waals surface area contributed by atoms with Crippen LogP contribution in [0.25, 0.3) is 11.3 Å². The second kappa shape index (κ2) is 5.37. The fourth-order valence-corrected chi connectivity index (χ4v) is 2.08. The summed E-state index contributed by atoms with van der Waals surface area (Å²) in [5, 5.41) is 12.6. The maximum absolute atomic E-state index is 13.9. The van der Waals surface area contributed by atoms with E-state index in [2.05, 4.69) is 21.0 Å². The predicted molar refractivity (Wildman–Crippen MR) is 70.5 cm³/mol. The Balaban J connectivity index is 2.59. The van der Waals surface area contributed by atoms with E-state index in [0.717, 1.165) is 6.07 Å². The van der Waals surface area contributed by atoms with Crippen molar-refractivity contribution in [2.24, 2.45) is 0 Å². The minimum Gasteiger partial charge on any atom is -0.383 e. The number of nitrogens with zero attached hydrogens (tertiary/aromatic N) is 3. The Labute approximate surface area is 124 Å². The molecule has 0 aliphatic carbocycles. The third-order valence-electron chi connectivity index (χ3n) is 2.62. The molecule has 0 bridgehead atoms. The summed E-state index contributed by atoms with van der Waals surface area (Å²) >= 11 is 3.06. The van der Waals surface area contributed by atoms with Gasteiger partial charge in [-0.1, -0.05) is 15.9 Å². The van der Waals surface area contributed by atoms with Crippen LogP contribution < -0.4 is 5.73 Å². The van der Waals surface area contributed by atoms with Gasteiger partial charge in [0.1, 0.15) is 35.5 Å². The first-order chi connectivity index (χ1) is 9.73. The summed E-state index contributed by atoms with van der Waals surface area (Å²) in [4.78, 5) is 0. The number of aromatic nitrogens is 2. The minimum absolute atomic E-state index is 0.0950. The van der Waals surface area contributed by atoms with Crippen LogP contribution in [0.15, 0.2) is 22.7 Å². The normalized spacial score (nSPS) is 11.4. The second-order valence-corrected chi connectivity index (χ2v) is 5.03. The molecule has 1 aromatic heterocycles. The molecule has 1 heterocycles. The summed E-state index contributed by atoms with van der Waals surface area (Å²) in [6.07, 6.45) is -4.55. The molecular weight excluding hydrogens is 356 g/mol. The van der Waals surface area contributed by atoms with Crippen LogP contribution in [0.3, 0.4) is 0 Å². The number of nitrogens with two attached hydrogens (primary N) is 1. The van der Waals surface area contributed by atoms with E-state index in [1.165, 1.54) is 12.1 Å². The smallest absolute Gasteiger partial charge is 0.383 e. The Morgan fingerprint density at radius 3 is 2.57 bits per heavy atom. The molecule has 2 rings (SSSR count). The predicted octanol–water partition coefficient (Wildman–Crippen LogP) is 3.47. The summed E-state index contributed by atoms with van der Waals surface area (Å²) in [7, 11) is 0. The van der Waals surface area contributed by atoms with Crippen molar-refractivity contribution in [2.45, 2.75) is 12.7 Å². The van der Waals surface area contributed by atoms with Gasteiger partial charge in [0.2, 0.25) is 0 Å². The largest absolute Gasteiger partial charge is 0.408 e. The lowest BCUT2D eigenvalue weighted by Gasteiger charge is -2.07. The maximum Gasteiger partial charge on any atom is 0.408 e. The van der Waals surface area contributed by atoms with Crippen LogP contribution in [0, 0.1) is 17.1 Å². The lowest BCUT2D eigenvalue weighted by molar-refractivity contribution is -0.142. The zero-order valence-corrected chi connectivity index (χ0v) is 11.8. The number of halogens is 5. The molecule has 0 saturated heterocycles. The van der Waals surface area contributed by atoms with Gasteiger partial charge in [-0.3, -0.25) is 0 Å². The molecule has 0 unspecified atom stereocenters. The van der Waals surface area contributed by atoms with E-state index in [0.29, 0.717) is 9.15 Å². The van der Waals surface area contributed by atoms with Gasteiger partial charge in [-0.2, -0.15) is 23.5 Å². The monoisotopic (exact) mass is 362 g/mol. The zero-order chi connectivity index (χ0) is 15.8. The number of benzene rings is 1. The number of rotatable bonds is 2. The van der Waals surface area contributed by atoms with Gasteiger partial charge < -0.3 is 5.73 Å². The molecule has 110 valence electrons. The highest BCUT2D eigenvalue weighted by Crippen LogP contribution is 2.31. The molecule has 0 amide bonds. The number of nitrogen functional groups attached to an aromatic ring is 1. The Morgan fingerprint density at radius 2 is 2.05 bits per heavy atom. The van der Waals surface area contributed by atoms with Crippen LogP contribution in [0.2, 0.25) is 0 Å². The third kappa shape index (κ3) is 3.16. The van der Waals surface area contributed by atoms with E-state index in [4.69, 9.17) is 11.0 Å². The first kappa shape index (κ1) is 15.3. The summed E-state index contributed by atoms with van der Waals surface area (Å²) in [6, 6.07) is 5.57. The summed E-state index contributed by atoms with van der Waals surface area (Å²) in [5.74, 6) is -1.18. The first-order valence-electron chi connectivity index (χ1n) is 5.51. The van der Waals surface area contributed by atoms with Gasteiger partial charge >= 0.3 is 6.18 Å². The molecule has 0 saturated carbocycles. The summed E-state index contributed by atoms with van der Waals surface area (Å²) in [5.41, 5.74) is 4.88. The highest BCUT2D eigenvalue weighted by atomic mass is 79.9. The number of hydrogen-bond acceptors (Lipinski definition) is 3. The van der Waals surface area contributed by atoms with Crippen LogP contribution in [-0.2, 0) is 6.54 Å². The molecule has 0 atom stereocenters. The lowest BCUT2D eigenvalue weighted by atomic mass is 10.1. The van der Waals surface area contributed by atoms with Gasteiger partial charge in [0, 0.05) is 10.0 Å². The van der Waals surface area contributed by atoms with Crippen LogP contribution >= 0.6 is 15.9 Å². The Bertz CT molecular complexity index is 730. The molecule has 0 aliphatic rings. The Kier molecular flexibility index (Phi) is 3.91. The molecule has 0 radical (unpaired) electrons. The molecule has 0 spiro atoms. The molecule has 2 N–H and O–H groups in total. The van der Waals surface area contributed by atoms with E-state index >= 15 is 0 Å². The van der Waals surface area contributed by atoms with Crippen molar-refractivity contribution >= 4 is 21.7 Å². The highest BCUT2D eigenvalue weighted by molar-refractivity contribution is 9.10. The summed E-state index contributed by atoms with van der Waals surface area (Å²) in [6.45, 7) is -1.45. The lowest BCUT2D eigenvalue weighted by Crippen LogP contribution is -2.20. The van der Waals surface area contributed by atoms with Crippen LogP contribution in [-0.4, -0.2) is 16.0 Å². The quantitative estimate of drug-likeness (QED) is 0.831.